The summed E-state index contributed by atoms with van der Waals surface area (Å²) in [6.07, 6.45) is 6.51. The van der Waals surface area contributed by atoms with Crippen LogP contribution in [-0.2, 0) is 6.54 Å². The van der Waals surface area contributed by atoms with E-state index in [0.29, 0.717) is 29.9 Å². The summed E-state index contributed by atoms with van der Waals surface area (Å²) in [5.74, 6) is 4.78. The first kappa shape index (κ1) is 11.7. The van der Waals surface area contributed by atoms with Crippen LogP contribution in [0, 0.1) is 29.6 Å². The molecule has 4 aliphatic carbocycles. The van der Waals surface area contributed by atoms with Crippen molar-refractivity contribution in [2.45, 2.75) is 38.6 Å². The molecule has 3 nitrogen and oxygen atoms in total. The third kappa shape index (κ3) is 1.78. The van der Waals surface area contributed by atoms with Gasteiger partial charge in [-0.2, -0.15) is 0 Å². The number of nitrogens with two attached hydrogens (primary N) is 1. The molecular weight excluding hydrogens is 238 g/mol. The lowest BCUT2D eigenvalue weighted by Crippen LogP contribution is -2.47. The molecule has 0 amide bonds. The molecule has 4 aliphatic rings. The van der Waals surface area contributed by atoms with Crippen LogP contribution in [0.1, 0.15) is 48.4 Å². The van der Waals surface area contributed by atoms with Crippen molar-refractivity contribution in [1.82, 2.24) is 0 Å². The maximum atomic E-state index is 12.7. The van der Waals surface area contributed by atoms with Crippen LogP contribution in [-0.4, -0.2) is 5.78 Å². The van der Waals surface area contributed by atoms with Gasteiger partial charge in [0.05, 0.1) is 6.54 Å². The third-order valence-corrected chi connectivity index (χ3v) is 5.64. The zero-order chi connectivity index (χ0) is 13.0. The van der Waals surface area contributed by atoms with E-state index in [4.69, 9.17) is 10.2 Å². The van der Waals surface area contributed by atoms with Crippen molar-refractivity contribution in [3.8, 4) is 0 Å². The van der Waals surface area contributed by atoms with E-state index in [-0.39, 0.29) is 11.7 Å². The molecule has 4 bridgehead atoms. The minimum atomic E-state index is 0.226. The van der Waals surface area contributed by atoms with Crippen molar-refractivity contribution in [2.75, 3.05) is 0 Å². The zero-order valence-electron chi connectivity index (χ0n) is 11.2. The lowest BCUT2D eigenvalue weighted by atomic mass is 9.51. The monoisotopic (exact) mass is 259 g/mol. The summed E-state index contributed by atoms with van der Waals surface area (Å²) in [4.78, 5) is 12.7. The first-order chi connectivity index (χ1) is 9.24. The van der Waals surface area contributed by atoms with Gasteiger partial charge in [0.25, 0.3) is 0 Å². The van der Waals surface area contributed by atoms with Crippen molar-refractivity contribution in [1.29, 1.82) is 0 Å². The van der Waals surface area contributed by atoms with Gasteiger partial charge in [0.2, 0.25) is 5.78 Å². The molecule has 19 heavy (non-hydrogen) atoms. The minimum absolute atomic E-state index is 0.226. The Balaban J connectivity index is 1.60. The van der Waals surface area contributed by atoms with Gasteiger partial charge in [-0.25, -0.2) is 0 Å². The van der Waals surface area contributed by atoms with E-state index in [9.17, 15) is 4.79 Å². The average molecular weight is 259 g/mol. The molecule has 0 unspecified atom stereocenters. The Morgan fingerprint density at radius 2 is 1.74 bits per heavy atom. The van der Waals surface area contributed by atoms with Crippen molar-refractivity contribution in [3.05, 3.63) is 23.7 Å². The highest BCUT2D eigenvalue weighted by atomic mass is 16.3. The van der Waals surface area contributed by atoms with Gasteiger partial charge in [-0.3, -0.25) is 4.79 Å². The molecule has 3 heteroatoms. The van der Waals surface area contributed by atoms with E-state index in [2.05, 4.69) is 0 Å². The number of hydrogen-bond donors (Lipinski definition) is 1. The van der Waals surface area contributed by atoms with Crippen LogP contribution in [0.5, 0.6) is 0 Å². The standard InChI is InChI=1S/C16H21NO2/c17-8-13-1-2-14(19-13)16(18)15-11-4-9-3-10(6-11)7-12(15)5-9/h1-2,9-12,15H,3-8,17H2. The van der Waals surface area contributed by atoms with Gasteiger partial charge in [0, 0.05) is 5.92 Å². The molecule has 0 radical (unpaired) electrons. The van der Waals surface area contributed by atoms with Crippen molar-refractivity contribution >= 4 is 5.78 Å². The lowest BCUT2D eigenvalue weighted by molar-refractivity contribution is -0.0261. The van der Waals surface area contributed by atoms with Crippen molar-refractivity contribution in [2.24, 2.45) is 35.3 Å². The highest BCUT2D eigenvalue weighted by Crippen LogP contribution is 2.57. The molecule has 2 N–H and O–H groups in total. The Labute approximate surface area is 113 Å². The van der Waals surface area contributed by atoms with E-state index in [1.54, 1.807) is 0 Å². The Morgan fingerprint density at radius 1 is 1.11 bits per heavy atom. The quantitative estimate of drug-likeness (QED) is 0.849. The predicted octanol–water partition coefficient (Wildman–Crippen LogP) is 2.99. The van der Waals surface area contributed by atoms with Crippen molar-refractivity contribution < 1.29 is 9.21 Å². The van der Waals surface area contributed by atoms with Crippen LogP contribution in [0.2, 0.25) is 0 Å². The summed E-state index contributed by atoms with van der Waals surface area (Å²) in [5, 5.41) is 0. The molecule has 0 saturated heterocycles. The van der Waals surface area contributed by atoms with Gasteiger partial charge in [-0.15, -0.1) is 0 Å². The molecule has 0 aromatic carbocycles. The number of furan rings is 1. The highest BCUT2D eigenvalue weighted by molar-refractivity contribution is 5.96. The fourth-order valence-corrected chi connectivity index (χ4v) is 5.14. The Kier molecular flexibility index (Phi) is 2.59. The topological polar surface area (TPSA) is 56.2 Å². The van der Waals surface area contributed by atoms with Crippen LogP contribution >= 0.6 is 0 Å². The zero-order valence-corrected chi connectivity index (χ0v) is 11.2. The van der Waals surface area contributed by atoms with E-state index in [1.165, 1.54) is 32.1 Å². The normalized spacial score (nSPS) is 39.7. The van der Waals surface area contributed by atoms with Gasteiger partial charge >= 0.3 is 0 Å². The molecular formula is C16H21NO2. The summed E-state index contributed by atoms with van der Waals surface area (Å²) in [6, 6.07) is 3.65. The van der Waals surface area contributed by atoms with Crippen LogP contribution in [0.4, 0.5) is 0 Å². The second kappa shape index (κ2) is 4.20. The summed E-state index contributed by atoms with van der Waals surface area (Å²) < 4.78 is 5.58. The van der Waals surface area contributed by atoms with Crippen LogP contribution in [0.3, 0.4) is 0 Å². The smallest absolute Gasteiger partial charge is 0.201 e. The maximum Gasteiger partial charge on any atom is 0.201 e. The van der Waals surface area contributed by atoms with E-state index >= 15 is 0 Å². The number of rotatable bonds is 3. The molecule has 0 aliphatic heterocycles. The summed E-state index contributed by atoms with van der Waals surface area (Å²) >= 11 is 0. The number of ketones is 1. The number of Topliss-reactive ketones (excluding diaryl/α,β-unsaturated/α-hetero) is 1. The average Bonchev–Trinajstić information content (AvgIpc) is 2.86. The molecule has 0 atom stereocenters. The lowest BCUT2D eigenvalue weighted by Gasteiger charge is -2.53. The first-order valence-electron chi connectivity index (χ1n) is 7.57. The minimum Gasteiger partial charge on any atom is -0.457 e. The molecule has 0 spiro atoms. The Bertz CT molecular complexity index is 477. The van der Waals surface area contributed by atoms with Gasteiger partial charge in [-0.1, -0.05) is 0 Å². The molecule has 5 rings (SSSR count). The summed E-state index contributed by atoms with van der Waals surface area (Å²) in [6.45, 7) is 0.370. The highest BCUT2D eigenvalue weighted by Gasteiger charge is 2.51. The van der Waals surface area contributed by atoms with Gasteiger partial charge < -0.3 is 10.2 Å². The Hall–Kier alpha value is -1.09. The van der Waals surface area contributed by atoms with Crippen molar-refractivity contribution in [3.63, 3.8) is 0 Å². The van der Waals surface area contributed by atoms with Gasteiger partial charge in [0.1, 0.15) is 5.76 Å². The molecule has 1 heterocycles. The fourth-order valence-electron chi connectivity index (χ4n) is 5.14. The molecule has 4 saturated carbocycles. The summed E-state index contributed by atoms with van der Waals surface area (Å²) in [7, 11) is 0. The molecule has 1 aromatic heterocycles. The fraction of sp³-hybridized carbons (Fsp3) is 0.688. The van der Waals surface area contributed by atoms with E-state index in [0.717, 1.165) is 11.8 Å². The van der Waals surface area contributed by atoms with Crippen LogP contribution in [0.25, 0.3) is 0 Å². The number of carbonyl (C=O) groups is 1. The second-order valence-corrected chi connectivity index (χ2v) is 6.79. The Morgan fingerprint density at radius 3 is 2.26 bits per heavy atom. The maximum absolute atomic E-state index is 12.7. The van der Waals surface area contributed by atoms with Crippen LogP contribution in [0.15, 0.2) is 16.5 Å². The summed E-state index contributed by atoms with van der Waals surface area (Å²) in [5.41, 5.74) is 5.55. The molecule has 4 fully saturated rings. The van der Waals surface area contributed by atoms with Crippen LogP contribution < -0.4 is 5.73 Å². The van der Waals surface area contributed by atoms with E-state index < -0.39 is 0 Å². The first-order valence-corrected chi connectivity index (χ1v) is 7.57. The largest absolute Gasteiger partial charge is 0.457 e. The molecule has 102 valence electrons. The van der Waals surface area contributed by atoms with E-state index in [1.807, 2.05) is 12.1 Å². The molecule has 1 aromatic rings. The van der Waals surface area contributed by atoms with Gasteiger partial charge in [0.15, 0.2) is 5.76 Å². The number of hydrogen-bond acceptors (Lipinski definition) is 3. The SMILES string of the molecule is NCc1ccc(C(=O)C2C3CC4CC(C3)CC2C4)o1. The third-order valence-electron chi connectivity index (χ3n) is 5.64. The number of carbonyl (C=O) groups excluding carboxylic acids is 1. The van der Waals surface area contributed by atoms with Gasteiger partial charge in [-0.05, 0) is 67.9 Å². The second-order valence-electron chi connectivity index (χ2n) is 6.79. The predicted molar refractivity (Wildman–Crippen MR) is 71.5 cm³/mol.